The zero-order valence-electron chi connectivity index (χ0n) is 62.8. The van der Waals surface area contributed by atoms with Gasteiger partial charge in [0, 0.05) is 60.4 Å². The highest BCUT2D eigenvalue weighted by molar-refractivity contribution is 7.27. The molecule has 5 nitrogen and oxygen atoms in total. The van der Waals surface area contributed by atoms with Crippen molar-refractivity contribution in [1.82, 2.24) is 13.6 Å². The summed E-state index contributed by atoms with van der Waals surface area (Å²) < 4.78 is 16.4. The molecular formula is C87H123N3O2S6. The highest BCUT2D eigenvalue weighted by atomic mass is 32.1. The van der Waals surface area contributed by atoms with Crippen LogP contribution in [0.1, 0.15) is 340 Å². The molecule has 0 aliphatic carbocycles. The Morgan fingerprint density at radius 1 is 0.367 bits per heavy atom. The predicted octanol–water partition coefficient (Wildman–Crippen LogP) is 30.3. The molecule has 0 spiro atoms. The van der Waals surface area contributed by atoms with Gasteiger partial charge in [0.1, 0.15) is 11.0 Å². The van der Waals surface area contributed by atoms with Gasteiger partial charge in [-0.25, -0.2) is 0 Å². The molecule has 534 valence electrons. The van der Waals surface area contributed by atoms with Gasteiger partial charge in [0.25, 0.3) is 11.8 Å². The molecule has 4 atom stereocenters. The number of carbonyl (C=O) groups is 2. The molecule has 10 rings (SSSR count). The van der Waals surface area contributed by atoms with Crippen molar-refractivity contribution < 1.29 is 9.59 Å². The number of unbranched alkanes of at least 4 members (excludes halogenated alkanes) is 14. The minimum absolute atomic E-state index is 0.0413. The lowest BCUT2D eigenvalue weighted by Crippen LogP contribution is -2.40. The van der Waals surface area contributed by atoms with E-state index < -0.39 is 0 Å². The van der Waals surface area contributed by atoms with Crippen LogP contribution in [-0.2, 0) is 25.7 Å². The van der Waals surface area contributed by atoms with Crippen molar-refractivity contribution in [3.63, 3.8) is 0 Å². The summed E-state index contributed by atoms with van der Waals surface area (Å²) in [5.74, 6) is 2.74. The van der Waals surface area contributed by atoms with Gasteiger partial charge in [-0.1, -0.05) is 261 Å². The second-order valence-corrected chi connectivity index (χ2v) is 36.2. The Labute approximate surface area is 616 Å². The van der Waals surface area contributed by atoms with Crippen LogP contribution in [-0.4, -0.2) is 31.5 Å². The standard InChI is InChI=1S/C87H123N3O2S6/c1-13-23-29-31-33-35-41-63(42-36-34-32-30-24-14-2)90-86(91)77-58(12)94-85(78(77)87(90)92)76-56-73-67(50-46-62(22-10)40-28-18-6)83-72(66(84(73)97-76)49-45-61(21-9)39-27-17-5)55-75(96-83)69-52-51-68(79-80(69)89-98-88-79)74-54-71-65(48-44-60(20-8)38-26-16-4)81-70(53-57(11)93-81)64(82(71)95-74)47-43-59(19-7)37-25-15-3/h51-56,59-63H,13-50H2,1-12H3. The lowest BCUT2D eigenvalue weighted by Gasteiger charge is -2.27. The molecule has 98 heavy (non-hydrogen) atoms. The smallest absolute Gasteiger partial charge is 0.263 e. The van der Waals surface area contributed by atoms with Crippen LogP contribution in [0.15, 0.2) is 36.4 Å². The predicted molar refractivity (Wildman–Crippen MR) is 439 cm³/mol. The number of nitrogens with zero attached hydrogens (tertiary/aromatic N) is 3. The lowest BCUT2D eigenvalue weighted by molar-refractivity contribution is 0.0562. The molecule has 11 heteroatoms. The first-order valence-electron chi connectivity index (χ1n) is 40.1. The number of carbonyl (C=O) groups excluding carboxylic acids is 2. The summed E-state index contributed by atoms with van der Waals surface area (Å²) in [6, 6.07) is 15.0. The molecule has 6 aromatic heterocycles. The normalized spacial score (nSPS) is 14.2. The Bertz CT molecular complexity index is 3840. The average molecular weight is 1440 g/mol. The van der Waals surface area contributed by atoms with Crippen LogP contribution in [0, 0.1) is 37.5 Å². The monoisotopic (exact) mass is 1430 g/mol. The molecule has 4 unspecified atom stereocenters. The number of amides is 2. The van der Waals surface area contributed by atoms with Crippen molar-refractivity contribution in [2.45, 2.75) is 333 Å². The van der Waals surface area contributed by atoms with E-state index in [-0.39, 0.29) is 17.9 Å². The summed E-state index contributed by atoms with van der Waals surface area (Å²) in [5, 5.41) is 5.79. The first-order valence-corrected chi connectivity index (χ1v) is 45.0. The Morgan fingerprint density at radius 2 is 0.714 bits per heavy atom. The number of hydrogen-bond donors (Lipinski definition) is 0. The maximum absolute atomic E-state index is 15.4. The largest absolute Gasteiger partial charge is 0.271 e. The second-order valence-electron chi connectivity index (χ2n) is 30.0. The molecule has 1 aliphatic rings. The molecular weight excluding hydrogens is 1310 g/mol. The van der Waals surface area contributed by atoms with Crippen LogP contribution in [0.4, 0.5) is 0 Å². The van der Waals surface area contributed by atoms with Crippen molar-refractivity contribution in [1.29, 1.82) is 0 Å². The number of benzene rings is 3. The summed E-state index contributed by atoms with van der Waals surface area (Å²) >= 11 is 11.1. The minimum atomic E-state index is -0.0546. The van der Waals surface area contributed by atoms with E-state index in [4.69, 9.17) is 8.75 Å². The Balaban J connectivity index is 1.09. The van der Waals surface area contributed by atoms with Gasteiger partial charge in [-0.05, 0) is 170 Å². The fraction of sp³-hybridized carbons (Fsp3) is 0.632. The number of hydrogen-bond acceptors (Lipinski definition) is 10. The zero-order chi connectivity index (χ0) is 69.2. The van der Waals surface area contributed by atoms with E-state index in [0.717, 1.165) is 102 Å². The van der Waals surface area contributed by atoms with Crippen molar-refractivity contribution in [2.75, 3.05) is 0 Å². The van der Waals surface area contributed by atoms with Gasteiger partial charge in [0.2, 0.25) is 0 Å². The van der Waals surface area contributed by atoms with E-state index in [1.165, 1.54) is 264 Å². The molecule has 2 amide bonds. The van der Waals surface area contributed by atoms with Crippen molar-refractivity contribution in [3.8, 4) is 30.6 Å². The van der Waals surface area contributed by atoms with Gasteiger partial charge in [0.05, 0.1) is 27.7 Å². The SMILES string of the molecule is CCCCCCCCC(CCCCCCCC)N1C(=O)c2c(C)sc(-c3cc4c(CCC(CC)CCCC)c5sc(-c6ccc(-c7cc8c(CCC(CC)CCCC)c9sc(C)cc9c(CCC(CC)CCCC)c8s7)c7nsnc67)cc5c(CCC(CC)CCCC)c4s3)c2C1=O. The van der Waals surface area contributed by atoms with E-state index in [9.17, 15) is 0 Å². The van der Waals surface area contributed by atoms with Crippen LogP contribution in [0.5, 0.6) is 0 Å². The fourth-order valence-corrected chi connectivity index (χ4v) is 23.6. The molecule has 0 bridgehead atoms. The van der Waals surface area contributed by atoms with E-state index in [2.05, 4.69) is 119 Å². The highest BCUT2D eigenvalue weighted by Crippen LogP contribution is 2.53. The Morgan fingerprint density at radius 3 is 1.11 bits per heavy atom. The summed E-state index contributed by atoms with van der Waals surface area (Å²) in [4.78, 5) is 39.4. The number of aryl methyl sites for hydroxylation is 6. The van der Waals surface area contributed by atoms with Gasteiger partial charge in [-0.15, -0.1) is 56.7 Å². The van der Waals surface area contributed by atoms with Gasteiger partial charge in [0.15, 0.2) is 0 Å². The molecule has 3 aromatic carbocycles. The third kappa shape index (κ3) is 17.8. The van der Waals surface area contributed by atoms with Gasteiger partial charge < -0.3 is 0 Å². The van der Waals surface area contributed by atoms with Crippen LogP contribution >= 0.6 is 68.4 Å². The number of fused-ring (bicyclic) bond motifs is 6. The van der Waals surface area contributed by atoms with Crippen molar-refractivity contribution in [2.24, 2.45) is 23.7 Å². The molecule has 0 N–H and O–H groups in total. The third-order valence-electron chi connectivity index (χ3n) is 23.1. The average Bonchev–Trinajstić information content (AvgIpc) is 1.66. The topological polar surface area (TPSA) is 63.2 Å². The van der Waals surface area contributed by atoms with E-state index in [1.807, 2.05) is 45.3 Å². The highest BCUT2D eigenvalue weighted by Gasteiger charge is 2.44. The Hall–Kier alpha value is -3.84. The first kappa shape index (κ1) is 76.8. The van der Waals surface area contributed by atoms with E-state index in [0.29, 0.717) is 23.0 Å². The maximum Gasteiger partial charge on any atom is 0.263 e. The zero-order valence-corrected chi connectivity index (χ0v) is 67.7. The van der Waals surface area contributed by atoms with Crippen LogP contribution in [0.25, 0.3) is 82.0 Å². The maximum atomic E-state index is 15.4. The van der Waals surface area contributed by atoms with Gasteiger partial charge >= 0.3 is 0 Å². The number of aromatic nitrogens is 2. The molecule has 0 fully saturated rings. The summed E-state index contributed by atoms with van der Waals surface area (Å²) in [6.07, 6.45) is 45.6. The van der Waals surface area contributed by atoms with Crippen molar-refractivity contribution >= 4 is 132 Å². The van der Waals surface area contributed by atoms with Gasteiger partial charge in [-0.2, -0.15) is 8.75 Å². The molecule has 0 saturated carbocycles. The Kier molecular flexibility index (Phi) is 29.8. The second kappa shape index (κ2) is 38.1. The summed E-state index contributed by atoms with van der Waals surface area (Å²) in [5.41, 5.74) is 11.9. The molecule has 0 saturated heterocycles. The molecule has 1 aliphatic heterocycles. The number of imide groups is 1. The summed E-state index contributed by atoms with van der Waals surface area (Å²) in [6.45, 7) is 28.0. The summed E-state index contributed by atoms with van der Waals surface area (Å²) in [7, 11) is 0. The van der Waals surface area contributed by atoms with Crippen LogP contribution in [0.2, 0.25) is 0 Å². The van der Waals surface area contributed by atoms with Crippen molar-refractivity contribution in [3.05, 3.63) is 79.5 Å². The third-order valence-corrected chi connectivity index (χ3v) is 29.7. The van der Waals surface area contributed by atoms with E-state index in [1.54, 1.807) is 32.1 Å². The fourth-order valence-electron chi connectivity index (χ4n) is 16.7. The van der Waals surface area contributed by atoms with Crippen LogP contribution in [0.3, 0.4) is 0 Å². The van der Waals surface area contributed by atoms with E-state index >= 15 is 9.59 Å². The molecule has 9 aromatic rings. The number of rotatable bonds is 46. The minimum Gasteiger partial charge on any atom is -0.271 e. The van der Waals surface area contributed by atoms with Gasteiger partial charge in [-0.3, -0.25) is 14.5 Å². The number of thiophene rings is 5. The lowest BCUT2D eigenvalue weighted by atomic mass is 9.88. The molecule has 7 heterocycles. The molecule has 0 radical (unpaired) electrons. The first-order chi connectivity index (χ1) is 47.9. The quantitative estimate of drug-likeness (QED) is 0.0282. The van der Waals surface area contributed by atoms with Crippen LogP contribution < -0.4 is 0 Å².